The molecule has 0 atom stereocenters. The molecule has 0 aliphatic rings. The summed E-state index contributed by atoms with van der Waals surface area (Å²) in [5.41, 5.74) is 0. The van der Waals surface area contributed by atoms with Crippen molar-refractivity contribution >= 4 is 78.3 Å². The SMILES string of the molecule is ClC(Cl)=CCOCCCCOc1c(Cl)cc(OCC=C(Br)Br)cc1Cl. The Bertz CT molecular complexity index is 578. The highest BCUT2D eigenvalue weighted by atomic mass is 79.9. The lowest BCUT2D eigenvalue weighted by Crippen LogP contribution is -2.02. The Morgan fingerprint density at radius 2 is 1.56 bits per heavy atom. The van der Waals surface area contributed by atoms with Crippen molar-refractivity contribution in [1.29, 1.82) is 0 Å². The zero-order chi connectivity index (χ0) is 18.7. The zero-order valence-corrected chi connectivity index (χ0v) is 19.2. The molecule has 0 N–H and O–H groups in total. The zero-order valence-electron chi connectivity index (χ0n) is 13.0. The second-order valence-corrected chi connectivity index (χ2v) is 9.24. The number of hydrogen-bond donors (Lipinski definition) is 0. The molecule has 140 valence electrons. The van der Waals surface area contributed by atoms with E-state index in [9.17, 15) is 0 Å². The molecule has 0 saturated heterocycles. The van der Waals surface area contributed by atoms with E-state index in [1.54, 1.807) is 18.2 Å². The molecule has 1 aromatic carbocycles. The Hall–Kier alpha value is 0.380. The number of unbranched alkanes of at least 4 members (excludes halogenated alkanes) is 1. The van der Waals surface area contributed by atoms with Crippen LogP contribution in [-0.2, 0) is 4.74 Å². The monoisotopic (exact) mass is 554 g/mol. The van der Waals surface area contributed by atoms with Crippen LogP contribution in [0.3, 0.4) is 0 Å². The summed E-state index contributed by atoms with van der Waals surface area (Å²) in [7, 11) is 0. The maximum absolute atomic E-state index is 6.21. The highest BCUT2D eigenvalue weighted by Gasteiger charge is 2.10. The molecule has 25 heavy (non-hydrogen) atoms. The molecule has 0 aliphatic heterocycles. The quantitative estimate of drug-likeness (QED) is 0.264. The van der Waals surface area contributed by atoms with Gasteiger partial charge in [0.1, 0.15) is 16.8 Å². The van der Waals surface area contributed by atoms with E-state index in [1.165, 1.54) is 0 Å². The maximum Gasteiger partial charge on any atom is 0.156 e. The summed E-state index contributed by atoms with van der Waals surface area (Å²) >= 11 is 29.9. The van der Waals surface area contributed by atoms with Gasteiger partial charge in [-0.2, -0.15) is 0 Å². The van der Waals surface area contributed by atoms with Crippen molar-refractivity contribution in [3.8, 4) is 11.5 Å². The predicted molar refractivity (Wildman–Crippen MR) is 113 cm³/mol. The molecular formula is C16H16Br2Cl4O3. The van der Waals surface area contributed by atoms with Crippen LogP contribution in [0.5, 0.6) is 11.5 Å². The molecule has 9 heteroatoms. The van der Waals surface area contributed by atoms with E-state index in [1.807, 2.05) is 6.08 Å². The van der Waals surface area contributed by atoms with Gasteiger partial charge < -0.3 is 14.2 Å². The van der Waals surface area contributed by atoms with Gasteiger partial charge in [-0.15, -0.1) is 0 Å². The van der Waals surface area contributed by atoms with Gasteiger partial charge in [-0.3, -0.25) is 0 Å². The molecule has 0 spiro atoms. The van der Waals surface area contributed by atoms with Gasteiger partial charge in [0.25, 0.3) is 0 Å². The van der Waals surface area contributed by atoms with Gasteiger partial charge in [-0.1, -0.05) is 46.4 Å². The Labute approximate surface area is 184 Å². The van der Waals surface area contributed by atoms with Crippen LogP contribution >= 0.6 is 78.3 Å². The summed E-state index contributed by atoms with van der Waals surface area (Å²) in [6, 6.07) is 3.34. The van der Waals surface area contributed by atoms with Crippen molar-refractivity contribution < 1.29 is 14.2 Å². The smallest absolute Gasteiger partial charge is 0.156 e. The summed E-state index contributed by atoms with van der Waals surface area (Å²) in [5, 5.41) is 0.810. The standard InChI is InChI=1S/C16H16Br2Cl4O3/c17-14(18)3-8-24-11-9-12(19)16(13(20)10-11)25-6-2-1-5-23-7-4-15(21)22/h3-4,9-10H,1-2,5-8H2. The molecule has 0 fully saturated rings. The number of ether oxygens (including phenoxy) is 3. The second-order valence-electron chi connectivity index (χ2n) is 4.65. The fourth-order valence-corrected chi connectivity index (χ4v) is 2.61. The van der Waals surface area contributed by atoms with Gasteiger partial charge in [-0.05, 0) is 56.9 Å². The van der Waals surface area contributed by atoms with Crippen LogP contribution < -0.4 is 9.47 Å². The number of halogens is 6. The molecule has 0 bridgehead atoms. The van der Waals surface area contributed by atoms with E-state index < -0.39 is 0 Å². The molecule has 0 heterocycles. The van der Waals surface area contributed by atoms with Crippen molar-refractivity contribution in [2.24, 2.45) is 0 Å². The van der Waals surface area contributed by atoms with Crippen LogP contribution in [-0.4, -0.2) is 26.4 Å². The van der Waals surface area contributed by atoms with Crippen molar-refractivity contribution in [1.82, 2.24) is 0 Å². The first-order valence-corrected chi connectivity index (χ1v) is 10.3. The minimum atomic E-state index is 0.205. The lowest BCUT2D eigenvalue weighted by atomic mass is 10.3. The van der Waals surface area contributed by atoms with Crippen molar-refractivity contribution in [2.45, 2.75) is 12.8 Å². The third kappa shape index (κ3) is 11.0. The van der Waals surface area contributed by atoms with Crippen LogP contribution in [0.4, 0.5) is 0 Å². The van der Waals surface area contributed by atoms with Gasteiger partial charge in [0.15, 0.2) is 5.75 Å². The third-order valence-electron chi connectivity index (χ3n) is 2.74. The summed E-state index contributed by atoms with van der Waals surface area (Å²) < 4.78 is 17.5. The Kier molecular flexibility index (Phi) is 12.7. The summed E-state index contributed by atoms with van der Waals surface area (Å²) in [6.45, 7) is 1.84. The van der Waals surface area contributed by atoms with Crippen molar-refractivity contribution in [3.05, 3.63) is 42.2 Å². The maximum atomic E-state index is 6.21. The fourth-order valence-electron chi connectivity index (χ4n) is 1.64. The molecule has 1 aromatic rings. The van der Waals surface area contributed by atoms with Crippen LogP contribution in [0.1, 0.15) is 12.8 Å². The average molecular weight is 558 g/mol. The van der Waals surface area contributed by atoms with Gasteiger partial charge in [-0.25, -0.2) is 0 Å². The molecule has 0 unspecified atom stereocenters. The fraction of sp³-hybridized carbons (Fsp3) is 0.375. The molecule has 0 aromatic heterocycles. The van der Waals surface area contributed by atoms with Crippen LogP contribution in [0.2, 0.25) is 10.0 Å². The van der Waals surface area contributed by atoms with E-state index >= 15 is 0 Å². The van der Waals surface area contributed by atoms with E-state index in [2.05, 4.69) is 31.9 Å². The van der Waals surface area contributed by atoms with Crippen molar-refractivity contribution in [2.75, 3.05) is 26.4 Å². The average Bonchev–Trinajstić information content (AvgIpc) is 2.51. The summed E-state index contributed by atoms with van der Waals surface area (Å²) in [5.74, 6) is 1.02. The molecule has 0 amide bonds. The molecule has 0 radical (unpaired) electrons. The van der Waals surface area contributed by atoms with Gasteiger partial charge >= 0.3 is 0 Å². The first-order valence-electron chi connectivity index (χ1n) is 7.25. The molecule has 3 nitrogen and oxygen atoms in total. The largest absolute Gasteiger partial charge is 0.490 e. The first-order chi connectivity index (χ1) is 11.9. The lowest BCUT2D eigenvalue weighted by molar-refractivity contribution is 0.152. The molecular weight excluding hydrogens is 542 g/mol. The first kappa shape index (κ1) is 23.4. The van der Waals surface area contributed by atoms with Crippen LogP contribution in [0, 0.1) is 0 Å². The Morgan fingerprint density at radius 1 is 0.920 bits per heavy atom. The molecule has 1 rings (SSSR count). The molecule has 0 aliphatic carbocycles. The highest BCUT2D eigenvalue weighted by Crippen LogP contribution is 2.37. The van der Waals surface area contributed by atoms with E-state index in [-0.39, 0.29) is 4.49 Å². The predicted octanol–water partition coefficient (Wildman–Crippen LogP) is 7.50. The highest BCUT2D eigenvalue weighted by molar-refractivity contribution is 9.28. The number of hydrogen-bond acceptors (Lipinski definition) is 3. The van der Waals surface area contributed by atoms with Crippen LogP contribution in [0.25, 0.3) is 0 Å². The van der Waals surface area contributed by atoms with Crippen LogP contribution in [0.15, 0.2) is 32.2 Å². The normalized spacial score (nSPS) is 10.3. The summed E-state index contributed by atoms with van der Waals surface area (Å²) in [4.78, 5) is 0. The molecule has 0 saturated carbocycles. The Balaban J connectivity index is 2.36. The Morgan fingerprint density at radius 3 is 2.16 bits per heavy atom. The summed E-state index contributed by atoms with van der Waals surface area (Å²) in [6.07, 6.45) is 5.03. The van der Waals surface area contributed by atoms with Gasteiger partial charge in [0.2, 0.25) is 0 Å². The minimum absolute atomic E-state index is 0.205. The van der Waals surface area contributed by atoms with E-state index in [0.717, 1.165) is 16.2 Å². The topological polar surface area (TPSA) is 27.7 Å². The van der Waals surface area contributed by atoms with Crippen molar-refractivity contribution in [3.63, 3.8) is 0 Å². The number of rotatable bonds is 11. The van der Waals surface area contributed by atoms with E-state index in [4.69, 9.17) is 60.6 Å². The second kappa shape index (κ2) is 13.5. The number of benzene rings is 1. The van der Waals surface area contributed by atoms with Gasteiger partial charge in [0, 0.05) is 18.7 Å². The van der Waals surface area contributed by atoms with Gasteiger partial charge in [0.05, 0.1) is 26.7 Å². The third-order valence-corrected chi connectivity index (χ3v) is 4.26. The van der Waals surface area contributed by atoms with E-state index in [0.29, 0.717) is 48.0 Å². The minimum Gasteiger partial charge on any atom is -0.490 e. The lowest BCUT2D eigenvalue weighted by Gasteiger charge is -2.12.